The Kier molecular flexibility index (Phi) is 10.7. The van der Waals surface area contributed by atoms with E-state index >= 15 is 0 Å². The van der Waals surface area contributed by atoms with Crippen LogP contribution in [-0.4, -0.2) is 60.9 Å². The highest BCUT2D eigenvalue weighted by Crippen LogP contribution is 2.21. The number of fused-ring (bicyclic) bond motifs is 10. The minimum Gasteiger partial charge on any atom is -0.487 e. The first-order chi connectivity index (χ1) is 18.6. The largest absolute Gasteiger partial charge is 0.487 e. The Hall–Kier alpha value is -3.65. The van der Waals surface area contributed by atoms with E-state index in [1.807, 2.05) is 101 Å². The molecule has 2 heterocycles. The lowest BCUT2D eigenvalue weighted by Crippen LogP contribution is -2.62. The second-order valence-electron chi connectivity index (χ2n) is 10.8. The van der Waals surface area contributed by atoms with E-state index in [2.05, 4.69) is 16.0 Å². The number of likely N-dealkylation sites (N-methyl/N-ethyl adjacent to an activating group) is 1. The molecule has 0 saturated carbocycles. The lowest BCUT2D eigenvalue weighted by atomic mass is 9.94. The van der Waals surface area contributed by atoms with Crippen LogP contribution in [0.25, 0.3) is 6.08 Å². The summed E-state index contributed by atoms with van der Waals surface area (Å²) in [7, 11) is 3.69. The maximum atomic E-state index is 13.9. The van der Waals surface area contributed by atoms with Crippen molar-refractivity contribution in [1.82, 2.24) is 20.9 Å². The summed E-state index contributed by atoms with van der Waals surface area (Å²) in [5, 5.41) is 8.73. The van der Waals surface area contributed by atoms with Crippen LogP contribution in [0.5, 0.6) is 5.75 Å². The van der Waals surface area contributed by atoms with Crippen molar-refractivity contribution in [3.05, 3.63) is 71.9 Å². The second kappa shape index (κ2) is 13.9. The average molecular weight is 535 g/mol. The number of carbonyl (C=O) groups excluding carboxylic acids is 3. The van der Waals surface area contributed by atoms with Crippen LogP contribution in [0.3, 0.4) is 0 Å². The number of nitrogens with one attached hydrogen (secondary N) is 3. The molecule has 2 aromatic rings. The Morgan fingerprint density at radius 1 is 1.00 bits per heavy atom. The third-order valence-corrected chi connectivity index (χ3v) is 7.21. The van der Waals surface area contributed by atoms with Crippen molar-refractivity contribution in [2.45, 2.75) is 64.8 Å². The Labute approximate surface area is 232 Å². The van der Waals surface area contributed by atoms with E-state index in [0.29, 0.717) is 18.6 Å². The van der Waals surface area contributed by atoms with E-state index in [4.69, 9.17) is 4.74 Å². The average Bonchev–Trinajstić information content (AvgIpc) is 2.92. The summed E-state index contributed by atoms with van der Waals surface area (Å²) < 4.78 is 6.35. The molecule has 0 fully saturated rings. The van der Waals surface area contributed by atoms with Crippen molar-refractivity contribution >= 4 is 23.8 Å². The molecule has 2 aromatic carbocycles. The van der Waals surface area contributed by atoms with Gasteiger partial charge in [0.2, 0.25) is 17.7 Å². The van der Waals surface area contributed by atoms with Crippen LogP contribution in [0, 0.1) is 11.8 Å². The zero-order chi connectivity index (χ0) is 28.5. The number of rotatable bonds is 8. The van der Waals surface area contributed by atoms with E-state index in [1.54, 1.807) is 12.3 Å². The van der Waals surface area contributed by atoms with Gasteiger partial charge in [-0.3, -0.25) is 19.3 Å². The maximum absolute atomic E-state index is 13.9. The van der Waals surface area contributed by atoms with Gasteiger partial charge in [-0.1, -0.05) is 76.6 Å². The van der Waals surface area contributed by atoms with Gasteiger partial charge in [0.25, 0.3) is 0 Å². The van der Waals surface area contributed by atoms with Gasteiger partial charge in [0.15, 0.2) is 0 Å². The Balaban J connectivity index is 1.99. The molecule has 0 aromatic heterocycles. The molecule has 8 heteroatoms. The predicted molar refractivity (Wildman–Crippen MR) is 154 cm³/mol. The highest BCUT2D eigenvalue weighted by Gasteiger charge is 2.38. The van der Waals surface area contributed by atoms with Gasteiger partial charge < -0.3 is 20.7 Å². The minimum atomic E-state index is -1.03. The molecule has 39 heavy (non-hydrogen) atoms. The topological polar surface area (TPSA) is 99.8 Å². The van der Waals surface area contributed by atoms with E-state index in [9.17, 15) is 14.4 Å². The summed E-state index contributed by atoms with van der Waals surface area (Å²) in [4.78, 5) is 42.6. The van der Waals surface area contributed by atoms with Crippen molar-refractivity contribution in [1.29, 1.82) is 0 Å². The van der Waals surface area contributed by atoms with Crippen LogP contribution >= 0.6 is 0 Å². The molecule has 3 amide bonds. The molecule has 2 unspecified atom stereocenters. The van der Waals surface area contributed by atoms with Crippen LogP contribution in [-0.2, 0) is 20.8 Å². The lowest BCUT2D eigenvalue weighted by molar-refractivity contribution is -0.136. The molecular formula is C31H42N4O4. The van der Waals surface area contributed by atoms with Crippen molar-refractivity contribution in [2.75, 3.05) is 14.1 Å². The fourth-order valence-electron chi connectivity index (χ4n) is 4.55. The first-order valence-corrected chi connectivity index (χ1v) is 13.7. The molecule has 0 saturated heterocycles. The number of ether oxygens (including phenoxy) is 1. The summed E-state index contributed by atoms with van der Waals surface area (Å²) in [6, 6.07) is 14.8. The normalized spacial score (nSPS) is 22.3. The fraction of sp³-hybridized carbons (Fsp3) is 0.452. The first-order valence-electron chi connectivity index (χ1n) is 13.7. The molecule has 0 radical (unpaired) electrons. The number of hydrogen-bond acceptors (Lipinski definition) is 5. The van der Waals surface area contributed by atoms with Gasteiger partial charge in [0.1, 0.15) is 23.9 Å². The van der Waals surface area contributed by atoms with Crippen molar-refractivity contribution in [2.24, 2.45) is 11.8 Å². The van der Waals surface area contributed by atoms with E-state index in [1.165, 1.54) is 0 Å². The van der Waals surface area contributed by atoms with Gasteiger partial charge in [0, 0.05) is 6.20 Å². The zero-order valence-corrected chi connectivity index (χ0v) is 23.8. The summed E-state index contributed by atoms with van der Waals surface area (Å²) in [6.45, 7) is 7.78. The summed E-state index contributed by atoms with van der Waals surface area (Å²) in [6.07, 6.45) is 3.85. The number of nitrogens with zero attached hydrogens (tertiary/aromatic N) is 1. The first kappa shape index (κ1) is 29.9. The van der Waals surface area contributed by atoms with Crippen LogP contribution in [0.4, 0.5) is 0 Å². The quantitative estimate of drug-likeness (QED) is 0.482. The van der Waals surface area contributed by atoms with E-state index in [-0.39, 0.29) is 23.7 Å². The Morgan fingerprint density at radius 2 is 1.67 bits per heavy atom. The number of benzene rings is 2. The number of hydrogen-bond donors (Lipinski definition) is 3. The molecule has 8 nitrogen and oxygen atoms in total. The van der Waals surface area contributed by atoms with Gasteiger partial charge in [-0.05, 0) is 61.7 Å². The van der Waals surface area contributed by atoms with Gasteiger partial charge in [-0.2, -0.15) is 0 Å². The van der Waals surface area contributed by atoms with E-state index < -0.39 is 30.1 Å². The predicted octanol–water partition coefficient (Wildman–Crippen LogP) is 3.38. The van der Waals surface area contributed by atoms with Gasteiger partial charge in [-0.25, -0.2) is 0 Å². The highest BCUT2D eigenvalue weighted by molar-refractivity contribution is 5.94. The molecular weight excluding hydrogens is 492 g/mol. The third-order valence-electron chi connectivity index (χ3n) is 7.21. The molecule has 5 atom stereocenters. The smallest absolute Gasteiger partial charge is 0.247 e. The van der Waals surface area contributed by atoms with Gasteiger partial charge in [-0.15, -0.1) is 0 Å². The SMILES string of the molecule is CCC(C)[C@@H]1NC(=O)[C@@H](NC(=O)C(Cc2ccccc2)N(C)C)[C@H](C(C)C)Oc2ccc(cc2)/C=C\NC1=O. The monoisotopic (exact) mass is 534 g/mol. The summed E-state index contributed by atoms with van der Waals surface area (Å²) in [5.74, 6) is -0.734. The molecule has 2 aliphatic rings. The molecule has 2 bridgehead atoms. The molecule has 2 aliphatic heterocycles. The lowest BCUT2D eigenvalue weighted by Gasteiger charge is -2.34. The van der Waals surface area contributed by atoms with Crippen molar-refractivity contribution in [3.63, 3.8) is 0 Å². The maximum Gasteiger partial charge on any atom is 0.247 e. The van der Waals surface area contributed by atoms with Crippen molar-refractivity contribution < 1.29 is 19.1 Å². The van der Waals surface area contributed by atoms with Crippen LogP contribution in [0.15, 0.2) is 60.8 Å². The van der Waals surface area contributed by atoms with Crippen molar-refractivity contribution in [3.8, 4) is 5.75 Å². The number of amides is 3. The molecule has 4 rings (SSSR count). The number of carbonyl (C=O) groups is 3. The van der Waals surface area contributed by atoms with Gasteiger partial charge in [0.05, 0.1) is 6.04 Å². The molecule has 0 spiro atoms. The standard InChI is InChI=1S/C31H42N4O4/c1-7-21(4)26-30(37)32-18-17-22-13-15-24(16-14-22)39-28(20(2)3)27(31(38)33-26)34-29(36)25(35(5)6)19-23-11-9-8-10-12-23/h8-18,20-21,25-28H,7,19H2,1-6H3,(H,32,37)(H,33,38)(H,34,36)/b18-17-/t21?,25?,26-,27-,28-/m0/s1. The highest BCUT2D eigenvalue weighted by atomic mass is 16.5. The summed E-state index contributed by atoms with van der Waals surface area (Å²) >= 11 is 0. The van der Waals surface area contributed by atoms with Crippen LogP contribution in [0.2, 0.25) is 0 Å². The van der Waals surface area contributed by atoms with Gasteiger partial charge >= 0.3 is 0 Å². The Bertz CT molecular complexity index is 1130. The summed E-state index contributed by atoms with van der Waals surface area (Å²) in [5.41, 5.74) is 1.91. The van der Waals surface area contributed by atoms with E-state index in [0.717, 1.165) is 11.1 Å². The zero-order valence-electron chi connectivity index (χ0n) is 23.8. The molecule has 210 valence electrons. The molecule has 3 N–H and O–H groups in total. The minimum absolute atomic E-state index is 0.128. The fourth-order valence-corrected chi connectivity index (χ4v) is 4.55. The second-order valence-corrected chi connectivity index (χ2v) is 10.8. The van der Waals surface area contributed by atoms with Crippen LogP contribution in [0.1, 0.15) is 45.2 Å². The third kappa shape index (κ3) is 8.17. The Morgan fingerprint density at radius 3 is 2.26 bits per heavy atom. The van der Waals surface area contributed by atoms with Crippen LogP contribution < -0.4 is 20.7 Å². The molecule has 0 aliphatic carbocycles.